The first kappa shape index (κ1) is 11.3. The van der Waals surface area contributed by atoms with Crippen molar-refractivity contribution in [2.24, 2.45) is 0 Å². The summed E-state index contributed by atoms with van der Waals surface area (Å²) in [4.78, 5) is 17.9. The number of pyridine rings is 1. The van der Waals surface area contributed by atoms with Crippen LogP contribution < -0.4 is 4.90 Å². The van der Waals surface area contributed by atoms with E-state index in [4.69, 9.17) is 0 Å². The Labute approximate surface area is 110 Å². The zero-order chi connectivity index (χ0) is 12.4. The molecule has 4 heteroatoms. The van der Waals surface area contributed by atoms with Gasteiger partial charge in [0.25, 0.3) is 0 Å². The van der Waals surface area contributed by atoms with Gasteiger partial charge in [-0.2, -0.15) is 0 Å². The summed E-state index contributed by atoms with van der Waals surface area (Å²) in [5.74, 6) is 0.682. The van der Waals surface area contributed by atoms with Gasteiger partial charge in [-0.25, -0.2) is 0 Å². The fourth-order valence-electron chi connectivity index (χ4n) is 2.07. The molecular formula is C14H12N2OS. The predicted octanol–water partition coefficient (Wildman–Crippen LogP) is 2.86. The summed E-state index contributed by atoms with van der Waals surface area (Å²) in [6.45, 7) is 0. The van der Waals surface area contributed by atoms with Gasteiger partial charge < -0.3 is 0 Å². The maximum Gasteiger partial charge on any atom is 0.238 e. The summed E-state index contributed by atoms with van der Waals surface area (Å²) in [6.07, 6.45) is 3.43. The second-order valence-corrected chi connectivity index (χ2v) is 5.11. The molecule has 0 spiro atoms. The van der Waals surface area contributed by atoms with Crippen LogP contribution in [-0.4, -0.2) is 16.6 Å². The van der Waals surface area contributed by atoms with Gasteiger partial charge in [-0.05, 0) is 17.7 Å². The van der Waals surface area contributed by atoms with E-state index in [1.165, 1.54) is 0 Å². The molecule has 1 amide bonds. The van der Waals surface area contributed by atoms with Crippen molar-refractivity contribution in [2.45, 2.75) is 5.37 Å². The van der Waals surface area contributed by atoms with Crippen LogP contribution in [-0.2, 0) is 4.79 Å². The number of benzene rings is 1. The molecule has 1 atom stereocenters. The maximum atomic E-state index is 12.0. The molecule has 1 fully saturated rings. The van der Waals surface area contributed by atoms with Crippen molar-refractivity contribution in [3.8, 4) is 0 Å². The number of rotatable bonds is 2. The molecule has 1 aliphatic rings. The number of carbonyl (C=O) groups excluding carboxylic acids is 1. The van der Waals surface area contributed by atoms with Gasteiger partial charge in [0.15, 0.2) is 0 Å². The summed E-state index contributed by atoms with van der Waals surface area (Å²) in [6, 6.07) is 13.9. The minimum Gasteiger partial charge on any atom is -0.295 e. The molecule has 0 radical (unpaired) electrons. The Balaban J connectivity index is 1.98. The van der Waals surface area contributed by atoms with Crippen molar-refractivity contribution in [3.63, 3.8) is 0 Å². The Bertz CT molecular complexity index is 544. The van der Waals surface area contributed by atoms with Crippen molar-refractivity contribution in [2.75, 3.05) is 10.7 Å². The fraction of sp³-hybridized carbons (Fsp3) is 0.143. The lowest BCUT2D eigenvalue weighted by atomic mass is 10.2. The lowest BCUT2D eigenvalue weighted by Gasteiger charge is -2.24. The van der Waals surface area contributed by atoms with E-state index in [1.54, 1.807) is 24.2 Å². The van der Waals surface area contributed by atoms with Crippen LogP contribution in [0.5, 0.6) is 0 Å². The van der Waals surface area contributed by atoms with E-state index in [0.29, 0.717) is 5.75 Å². The van der Waals surface area contributed by atoms with E-state index < -0.39 is 0 Å². The van der Waals surface area contributed by atoms with E-state index in [9.17, 15) is 4.79 Å². The summed E-state index contributed by atoms with van der Waals surface area (Å²) < 4.78 is 0. The average molecular weight is 256 g/mol. The Morgan fingerprint density at radius 1 is 1.11 bits per heavy atom. The highest BCUT2D eigenvalue weighted by Gasteiger charge is 2.33. The number of hydrogen-bond acceptors (Lipinski definition) is 3. The number of nitrogens with zero attached hydrogens (tertiary/aromatic N) is 2. The largest absolute Gasteiger partial charge is 0.295 e. The summed E-state index contributed by atoms with van der Waals surface area (Å²) in [5, 5.41) is 0.0705. The molecule has 2 aromatic rings. The molecule has 1 aromatic heterocycles. The second kappa shape index (κ2) is 4.82. The first-order chi connectivity index (χ1) is 8.86. The SMILES string of the molecule is O=C1CSC(c2ccccc2)N1c1ccncc1. The molecule has 3 rings (SSSR count). The molecule has 1 aromatic carbocycles. The smallest absolute Gasteiger partial charge is 0.238 e. The summed E-state index contributed by atoms with van der Waals surface area (Å²) in [7, 11) is 0. The molecule has 1 saturated heterocycles. The number of amides is 1. The fourth-order valence-corrected chi connectivity index (χ4v) is 3.25. The monoisotopic (exact) mass is 256 g/mol. The number of hydrogen-bond donors (Lipinski definition) is 0. The van der Waals surface area contributed by atoms with Crippen LogP contribution in [0.2, 0.25) is 0 Å². The van der Waals surface area contributed by atoms with Crippen LogP contribution in [0.15, 0.2) is 54.9 Å². The van der Waals surface area contributed by atoms with Crippen molar-refractivity contribution < 1.29 is 4.79 Å². The van der Waals surface area contributed by atoms with Crippen LogP contribution in [0.1, 0.15) is 10.9 Å². The number of anilines is 1. The van der Waals surface area contributed by atoms with Crippen LogP contribution in [0.4, 0.5) is 5.69 Å². The van der Waals surface area contributed by atoms with E-state index in [-0.39, 0.29) is 11.3 Å². The lowest BCUT2D eigenvalue weighted by Crippen LogP contribution is -2.27. The number of carbonyl (C=O) groups is 1. The van der Waals surface area contributed by atoms with Crippen molar-refractivity contribution in [1.29, 1.82) is 0 Å². The van der Waals surface area contributed by atoms with Crippen molar-refractivity contribution in [1.82, 2.24) is 4.98 Å². The van der Waals surface area contributed by atoms with Crippen LogP contribution >= 0.6 is 11.8 Å². The molecular weight excluding hydrogens is 244 g/mol. The molecule has 3 nitrogen and oxygen atoms in total. The molecule has 1 aliphatic heterocycles. The van der Waals surface area contributed by atoms with Crippen LogP contribution in [0.3, 0.4) is 0 Å². The molecule has 90 valence electrons. The van der Waals surface area contributed by atoms with Gasteiger partial charge in [-0.15, -0.1) is 11.8 Å². The molecule has 18 heavy (non-hydrogen) atoms. The molecule has 0 bridgehead atoms. The van der Waals surface area contributed by atoms with E-state index in [1.807, 2.05) is 35.2 Å². The van der Waals surface area contributed by atoms with Gasteiger partial charge in [0, 0.05) is 18.1 Å². The maximum absolute atomic E-state index is 12.0. The van der Waals surface area contributed by atoms with Crippen LogP contribution in [0.25, 0.3) is 0 Å². The third kappa shape index (κ3) is 1.99. The zero-order valence-electron chi connectivity index (χ0n) is 9.69. The summed E-state index contributed by atoms with van der Waals surface area (Å²) in [5.41, 5.74) is 2.07. The molecule has 0 N–H and O–H groups in total. The highest BCUT2D eigenvalue weighted by molar-refractivity contribution is 8.00. The predicted molar refractivity (Wildman–Crippen MR) is 73.4 cm³/mol. The molecule has 0 aliphatic carbocycles. The summed E-state index contributed by atoms with van der Waals surface area (Å²) >= 11 is 1.66. The average Bonchev–Trinajstić information content (AvgIpc) is 2.83. The molecule has 1 unspecified atom stereocenters. The van der Waals surface area contributed by atoms with Gasteiger partial charge in [0.1, 0.15) is 5.37 Å². The number of aromatic nitrogens is 1. The highest BCUT2D eigenvalue weighted by Crippen LogP contribution is 2.41. The third-order valence-electron chi connectivity index (χ3n) is 2.89. The molecule has 2 heterocycles. The standard InChI is InChI=1S/C14H12N2OS/c17-13-10-18-14(11-4-2-1-3-5-11)16(13)12-6-8-15-9-7-12/h1-9,14H,10H2. The Hall–Kier alpha value is -1.81. The Morgan fingerprint density at radius 3 is 2.56 bits per heavy atom. The second-order valence-electron chi connectivity index (χ2n) is 4.04. The normalized spacial score (nSPS) is 19.2. The first-order valence-electron chi connectivity index (χ1n) is 5.75. The lowest BCUT2D eigenvalue weighted by molar-refractivity contribution is -0.115. The highest BCUT2D eigenvalue weighted by atomic mass is 32.2. The Kier molecular flexibility index (Phi) is 3.02. The third-order valence-corrected chi connectivity index (χ3v) is 4.11. The van der Waals surface area contributed by atoms with Gasteiger partial charge >= 0.3 is 0 Å². The minimum absolute atomic E-state index is 0.0705. The van der Waals surface area contributed by atoms with E-state index >= 15 is 0 Å². The topological polar surface area (TPSA) is 33.2 Å². The van der Waals surface area contributed by atoms with E-state index in [2.05, 4.69) is 17.1 Å². The van der Waals surface area contributed by atoms with Gasteiger partial charge in [-0.1, -0.05) is 30.3 Å². The Morgan fingerprint density at radius 2 is 1.83 bits per heavy atom. The van der Waals surface area contributed by atoms with Crippen LogP contribution in [0, 0.1) is 0 Å². The van der Waals surface area contributed by atoms with Crippen molar-refractivity contribution >= 4 is 23.4 Å². The van der Waals surface area contributed by atoms with Gasteiger partial charge in [0.2, 0.25) is 5.91 Å². The quantitative estimate of drug-likeness (QED) is 0.828. The van der Waals surface area contributed by atoms with Crippen molar-refractivity contribution in [3.05, 3.63) is 60.4 Å². The number of thioether (sulfide) groups is 1. The van der Waals surface area contributed by atoms with Gasteiger partial charge in [-0.3, -0.25) is 14.7 Å². The first-order valence-corrected chi connectivity index (χ1v) is 6.80. The van der Waals surface area contributed by atoms with E-state index in [0.717, 1.165) is 11.3 Å². The van der Waals surface area contributed by atoms with Gasteiger partial charge in [0.05, 0.1) is 5.75 Å². The minimum atomic E-state index is 0.0705. The zero-order valence-corrected chi connectivity index (χ0v) is 10.5. The molecule has 0 saturated carbocycles.